The molecule has 4 rings (SSSR count). The Balaban J connectivity index is 0.00000225. The first kappa shape index (κ1) is 20.4. The number of nitrogens with zero attached hydrogens (tertiary/aromatic N) is 5. The summed E-state index contributed by atoms with van der Waals surface area (Å²) >= 11 is 0. The van der Waals surface area contributed by atoms with Gasteiger partial charge < -0.3 is 4.57 Å². The zero-order chi connectivity index (χ0) is 19.1. The van der Waals surface area contributed by atoms with E-state index in [1.54, 1.807) is 6.33 Å². The van der Waals surface area contributed by atoms with Crippen molar-refractivity contribution in [1.82, 2.24) is 24.3 Å². The van der Waals surface area contributed by atoms with Crippen LogP contribution in [0.15, 0.2) is 43.0 Å². The third-order valence-corrected chi connectivity index (χ3v) is 5.00. The van der Waals surface area contributed by atoms with Crippen LogP contribution in [0, 0.1) is 6.07 Å². The Morgan fingerprint density at radius 2 is 1.68 bits per heavy atom. The van der Waals surface area contributed by atoms with E-state index < -0.39 is 0 Å². The first-order valence-electron chi connectivity index (χ1n) is 9.33. The van der Waals surface area contributed by atoms with Gasteiger partial charge in [-0.2, -0.15) is 5.10 Å². The van der Waals surface area contributed by atoms with E-state index in [-0.39, 0.29) is 20.1 Å². The second-order valence-electron chi connectivity index (χ2n) is 7.56. The minimum absolute atomic E-state index is 0. The van der Waals surface area contributed by atoms with Gasteiger partial charge in [-0.1, -0.05) is 45.9 Å². The van der Waals surface area contributed by atoms with Gasteiger partial charge in [0.1, 0.15) is 6.33 Å². The molecule has 5 nitrogen and oxygen atoms in total. The van der Waals surface area contributed by atoms with Crippen LogP contribution in [0.5, 0.6) is 0 Å². The molecule has 2 aromatic heterocycles. The van der Waals surface area contributed by atoms with Gasteiger partial charge >= 0.3 is 0 Å². The Labute approximate surface area is 179 Å². The molecule has 2 heterocycles. The van der Waals surface area contributed by atoms with Gasteiger partial charge in [-0.05, 0) is 28.5 Å². The Morgan fingerprint density at radius 3 is 2.32 bits per heavy atom. The van der Waals surface area contributed by atoms with E-state index in [1.165, 1.54) is 11.1 Å². The average molecular weight is 551 g/mol. The molecule has 0 N–H and O–H groups in total. The maximum Gasteiger partial charge on any atom is 0.127 e. The normalized spacial score (nSPS) is 11.4. The Kier molecular flexibility index (Phi) is 5.82. The fourth-order valence-corrected chi connectivity index (χ4v) is 3.54. The monoisotopic (exact) mass is 551 g/mol. The fourth-order valence-electron chi connectivity index (χ4n) is 3.54. The number of hydrogen-bond donors (Lipinski definition) is 0. The molecule has 0 aliphatic carbocycles. The van der Waals surface area contributed by atoms with Crippen LogP contribution in [-0.2, 0) is 27.2 Å². The van der Waals surface area contributed by atoms with Crippen molar-refractivity contribution >= 4 is 11.0 Å². The number of benzene rings is 2. The molecular weight excluding hydrogens is 526 g/mol. The predicted octanol–water partition coefficient (Wildman–Crippen LogP) is 4.87. The van der Waals surface area contributed by atoms with E-state index in [1.807, 2.05) is 34.8 Å². The smallest absolute Gasteiger partial charge is 0.127 e. The number of rotatable bonds is 4. The van der Waals surface area contributed by atoms with Crippen LogP contribution in [0.4, 0.5) is 0 Å². The van der Waals surface area contributed by atoms with Crippen molar-refractivity contribution in [2.45, 2.75) is 39.5 Å². The Bertz CT molecular complexity index is 1080. The molecule has 0 aliphatic heterocycles. The summed E-state index contributed by atoms with van der Waals surface area (Å²) in [5.74, 6) is 1.56. The van der Waals surface area contributed by atoms with Crippen molar-refractivity contribution in [3.8, 4) is 17.1 Å². The van der Waals surface area contributed by atoms with Gasteiger partial charge in [0, 0.05) is 32.7 Å². The standard InChI is InChI=1S/C22H24N5.Ir/c1-14(2)17-7-6-8-18(15(3)4)21(17)27-22(23-12-25-27)16-9-10-20-19(11-16)24-13-26(20)5;/h6-8,10-15H,1-5H3;/q-1;. The van der Waals surface area contributed by atoms with Gasteiger partial charge in [-0.3, -0.25) is 14.6 Å². The summed E-state index contributed by atoms with van der Waals surface area (Å²) in [4.78, 5) is 9.03. The molecule has 0 saturated heterocycles. The molecule has 0 fully saturated rings. The number of para-hydroxylation sites is 1. The van der Waals surface area contributed by atoms with Crippen LogP contribution in [0.1, 0.15) is 50.7 Å². The molecule has 1 radical (unpaired) electrons. The molecule has 0 spiro atoms. The van der Waals surface area contributed by atoms with E-state index in [4.69, 9.17) is 0 Å². The zero-order valence-electron chi connectivity index (χ0n) is 16.8. The quantitative estimate of drug-likeness (QED) is 0.341. The summed E-state index contributed by atoms with van der Waals surface area (Å²) in [6, 6.07) is 13.9. The number of hydrogen-bond acceptors (Lipinski definition) is 3. The van der Waals surface area contributed by atoms with Gasteiger partial charge in [0.05, 0.1) is 17.8 Å². The van der Waals surface area contributed by atoms with Crippen LogP contribution in [0.2, 0.25) is 0 Å². The second kappa shape index (κ2) is 7.98. The minimum atomic E-state index is 0. The van der Waals surface area contributed by atoms with Crippen molar-refractivity contribution in [3.05, 3.63) is 60.2 Å². The van der Waals surface area contributed by atoms with Crippen molar-refractivity contribution < 1.29 is 20.1 Å². The number of fused-ring (bicyclic) bond motifs is 1. The molecule has 0 unspecified atom stereocenters. The zero-order valence-corrected chi connectivity index (χ0v) is 19.2. The Morgan fingerprint density at radius 1 is 1.00 bits per heavy atom. The molecule has 147 valence electrons. The van der Waals surface area contributed by atoms with E-state index in [2.05, 4.69) is 67.0 Å². The number of aromatic nitrogens is 5. The molecule has 0 atom stereocenters. The van der Waals surface area contributed by atoms with E-state index in [0.717, 1.165) is 28.1 Å². The topological polar surface area (TPSA) is 48.5 Å². The summed E-state index contributed by atoms with van der Waals surface area (Å²) < 4.78 is 3.95. The molecule has 0 amide bonds. The van der Waals surface area contributed by atoms with E-state index in [0.29, 0.717) is 11.8 Å². The predicted molar refractivity (Wildman–Crippen MR) is 108 cm³/mol. The van der Waals surface area contributed by atoms with Crippen LogP contribution < -0.4 is 0 Å². The van der Waals surface area contributed by atoms with Gasteiger partial charge in [0.15, 0.2) is 0 Å². The van der Waals surface area contributed by atoms with Crippen molar-refractivity contribution in [2.24, 2.45) is 7.05 Å². The second-order valence-corrected chi connectivity index (χ2v) is 7.56. The maximum absolute atomic E-state index is 4.59. The van der Waals surface area contributed by atoms with Crippen LogP contribution in [0.25, 0.3) is 28.1 Å². The minimum Gasteiger partial charge on any atom is -0.373 e. The average Bonchev–Trinajstić information content (AvgIpc) is 3.27. The molecule has 2 aromatic carbocycles. The summed E-state index contributed by atoms with van der Waals surface area (Å²) in [6.45, 7) is 8.86. The largest absolute Gasteiger partial charge is 0.373 e. The van der Waals surface area contributed by atoms with Gasteiger partial charge in [0.25, 0.3) is 0 Å². The van der Waals surface area contributed by atoms with E-state index >= 15 is 0 Å². The number of imidazole rings is 1. The van der Waals surface area contributed by atoms with Crippen molar-refractivity contribution in [1.29, 1.82) is 0 Å². The molecule has 28 heavy (non-hydrogen) atoms. The maximum atomic E-state index is 4.59. The molecule has 4 aromatic rings. The third kappa shape index (κ3) is 3.43. The van der Waals surface area contributed by atoms with Crippen molar-refractivity contribution in [2.75, 3.05) is 0 Å². The van der Waals surface area contributed by atoms with Crippen molar-refractivity contribution in [3.63, 3.8) is 0 Å². The van der Waals surface area contributed by atoms with E-state index in [9.17, 15) is 0 Å². The first-order chi connectivity index (χ1) is 13.0. The van der Waals surface area contributed by atoms with Crippen LogP contribution in [-0.4, -0.2) is 24.3 Å². The third-order valence-electron chi connectivity index (χ3n) is 5.00. The van der Waals surface area contributed by atoms with Gasteiger partial charge in [0.2, 0.25) is 0 Å². The van der Waals surface area contributed by atoms with Crippen LogP contribution in [0.3, 0.4) is 0 Å². The summed E-state index contributed by atoms with van der Waals surface area (Å²) in [5.41, 5.74) is 6.55. The fraction of sp³-hybridized carbons (Fsp3) is 0.318. The first-order valence-corrected chi connectivity index (χ1v) is 9.33. The van der Waals surface area contributed by atoms with Gasteiger partial charge in [-0.25, -0.2) is 0 Å². The summed E-state index contributed by atoms with van der Waals surface area (Å²) in [6.07, 6.45) is 3.44. The van der Waals surface area contributed by atoms with Gasteiger partial charge in [-0.15, -0.1) is 23.8 Å². The SMILES string of the molecule is CC(C)c1cccc(C(C)C)c1-n1ncnc1-c1[c-]cc2c(c1)ncn2C.[Ir]. The molecule has 0 bridgehead atoms. The Hall–Kier alpha value is -2.30. The molecule has 0 saturated carbocycles. The molecule has 6 heteroatoms. The summed E-state index contributed by atoms with van der Waals surface area (Å²) in [7, 11) is 1.99. The molecule has 0 aliphatic rings. The molecular formula is C22H24IrN5-. The summed E-state index contributed by atoms with van der Waals surface area (Å²) in [5, 5.41) is 4.59. The number of aryl methyl sites for hydroxylation is 1. The van der Waals surface area contributed by atoms with Crippen LogP contribution >= 0.6 is 0 Å².